The van der Waals surface area contributed by atoms with E-state index in [-0.39, 0.29) is 18.7 Å². The lowest BCUT2D eigenvalue weighted by molar-refractivity contribution is 0.168. The van der Waals surface area contributed by atoms with Crippen molar-refractivity contribution >= 4 is 21.6 Å². The molecule has 7 heteroatoms. The lowest BCUT2D eigenvalue weighted by atomic mass is 10.1. The number of rotatable bonds is 7. The number of hydrogen-bond acceptors (Lipinski definition) is 4. The van der Waals surface area contributed by atoms with Gasteiger partial charge in [-0.3, -0.25) is 0 Å². The van der Waals surface area contributed by atoms with Crippen molar-refractivity contribution in [1.82, 2.24) is 4.72 Å². The van der Waals surface area contributed by atoms with E-state index in [2.05, 4.69) is 4.72 Å². The van der Waals surface area contributed by atoms with Crippen molar-refractivity contribution in [3.8, 4) is 0 Å². The molecule has 1 aromatic heterocycles. The molecule has 0 radical (unpaired) electrons. The zero-order valence-corrected chi connectivity index (χ0v) is 12.8. The molecule has 0 saturated carbocycles. The van der Waals surface area contributed by atoms with Gasteiger partial charge in [0, 0.05) is 17.1 Å². The van der Waals surface area contributed by atoms with Crippen LogP contribution in [0.1, 0.15) is 23.7 Å². The number of hydrogen-bond donors (Lipinski definition) is 2. The minimum atomic E-state index is -3.49. The number of aliphatic hydroxyl groups excluding tert-OH is 1. The van der Waals surface area contributed by atoms with Crippen LogP contribution in [-0.2, 0) is 15.8 Å². The molecule has 0 spiro atoms. The van der Waals surface area contributed by atoms with Gasteiger partial charge < -0.3 is 9.52 Å². The fraction of sp³-hybridized carbons (Fsp3) is 0.286. The van der Waals surface area contributed by atoms with Gasteiger partial charge in [-0.1, -0.05) is 29.8 Å². The number of nitrogens with one attached hydrogen (secondary N) is 1. The van der Waals surface area contributed by atoms with Crippen LogP contribution in [0.15, 0.2) is 47.3 Å². The molecule has 114 valence electrons. The lowest BCUT2D eigenvalue weighted by Gasteiger charge is -2.10. The number of sulfonamides is 1. The molecule has 0 aliphatic carbocycles. The summed E-state index contributed by atoms with van der Waals surface area (Å²) in [6.07, 6.45) is 2.40. The van der Waals surface area contributed by atoms with E-state index in [1.54, 1.807) is 30.3 Å². The van der Waals surface area contributed by atoms with E-state index >= 15 is 0 Å². The minimum absolute atomic E-state index is 0.138. The maximum atomic E-state index is 12.0. The van der Waals surface area contributed by atoms with Gasteiger partial charge in [0.1, 0.15) is 0 Å². The molecule has 0 saturated heterocycles. The van der Waals surface area contributed by atoms with E-state index in [0.717, 1.165) is 0 Å². The smallest absolute Gasteiger partial charge is 0.215 e. The first-order valence-corrected chi connectivity index (χ1v) is 8.42. The third kappa shape index (κ3) is 4.86. The predicted molar refractivity (Wildman–Crippen MR) is 80.4 cm³/mol. The molecule has 0 aliphatic heterocycles. The summed E-state index contributed by atoms with van der Waals surface area (Å²) in [7, 11) is -3.49. The Balaban J connectivity index is 1.86. The molecular weight excluding hydrogens is 314 g/mol. The van der Waals surface area contributed by atoms with Crippen molar-refractivity contribution in [2.24, 2.45) is 0 Å². The molecule has 0 fully saturated rings. The maximum absolute atomic E-state index is 12.0. The Hall–Kier alpha value is -1.34. The summed E-state index contributed by atoms with van der Waals surface area (Å²) in [4.78, 5) is 0. The molecule has 2 rings (SSSR count). The SMILES string of the molecule is O=S(=O)(Cc1ccccc1Cl)NCCC(O)c1ccoc1. The molecule has 2 N–H and O–H groups in total. The molecule has 1 aromatic carbocycles. The van der Waals surface area contributed by atoms with Gasteiger partial charge in [-0.05, 0) is 24.1 Å². The Bertz CT molecular complexity index is 670. The normalized spacial score (nSPS) is 13.2. The summed E-state index contributed by atoms with van der Waals surface area (Å²) in [5, 5.41) is 10.2. The van der Waals surface area contributed by atoms with E-state index < -0.39 is 16.1 Å². The van der Waals surface area contributed by atoms with Crippen molar-refractivity contribution in [3.63, 3.8) is 0 Å². The first-order chi connectivity index (χ1) is 9.98. The average Bonchev–Trinajstić information content (AvgIpc) is 2.95. The molecule has 1 unspecified atom stereocenters. The Morgan fingerprint density at radius 1 is 1.29 bits per heavy atom. The zero-order valence-electron chi connectivity index (χ0n) is 11.2. The van der Waals surface area contributed by atoms with Crippen molar-refractivity contribution in [1.29, 1.82) is 0 Å². The Morgan fingerprint density at radius 2 is 2.05 bits per heavy atom. The van der Waals surface area contributed by atoms with Crippen LogP contribution in [-0.4, -0.2) is 20.1 Å². The molecule has 5 nitrogen and oxygen atoms in total. The highest BCUT2D eigenvalue weighted by Crippen LogP contribution is 2.18. The average molecular weight is 330 g/mol. The van der Waals surface area contributed by atoms with Crippen LogP contribution in [0.4, 0.5) is 0 Å². The van der Waals surface area contributed by atoms with E-state index in [1.165, 1.54) is 12.5 Å². The van der Waals surface area contributed by atoms with Gasteiger partial charge >= 0.3 is 0 Å². The highest BCUT2D eigenvalue weighted by Gasteiger charge is 2.15. The zero-order chi connectivity index (χ0) is 15.3. The van der Waals surface area contributed by atoms with Crippen LogP contribution in [0.2, 0.25) is 5.02 Å². The van der Waals surface area contributed by atoms with Crippen molar-refractivity contribution in [2.45, 2.75) is 18.3 Å². The number of benzene rings is 1. The largest absolute Gasteiger partial charge is 0.472 e. The van der Waals surface area contributed by atoms with Crippen molar-refractivity contribution < 1.29 is 17.9 Å². The van der Waals surface area contributed by atoms with Crippen LogP contribution in [0.3, 0.4) is 0 Å². The summed E-state index contributed by atoms with van der Waals surface area (Å²) in [6, 6.07) is 8.44. The summed E-state index contributed by atoms with van der Waals surface area (Å²) in [5.74, 6) is -0.186. The Morgan fingerprint density at radius 3 is 2.71 bits per heavy atom. The van der Waals surface area contributed by atoms with Crippen LogP contribution in [0, 0.1) is 0 Å². The van der Waals surface area contributed by atoms with E-state index in [9.17, 15) is 13.5 Å². The van der Waals surface area contributed by atoms with Gasteiger partial charge in [0.25, 0.3) is 0 Å². The summed E-state index contributed by atoms with van der Waals surface area (Å²) < 4.78 is 31.2. The van der Waals surface area contributed by atoms with E-state index in [4.69, 9.17) is 16.0 Å². The second-order valence-electron chi connectivity index (χ2n) is 4.61. The molecule has 1 heterocycles. The van der Waals surface area contributed by atoms with Gasteiger partial charge in [0.2, 0.25) is 10.0 Å². The fourth-order valence-electron chi connectivity index (χ4n) is 1.85. The Labute approximate surface area is 128 Å². The maximum Gasteiger partial charge on any atom is 0.215 e. The third-order valence-electron chi connectivity index (χ3n) is 2.97. The van der Waals surface area contributed by atoms with Crippen LogP contribution >= 0.6 is 11.6 Å². The van der Waals surface area contributed by atoms with Crippen molar-refractivity contribution in [2.75, 3.05) is 6.54 Å². The molecular formula is C14H16ClNO4S. The first-order valence-electron chi connectivity index (χ1n) is 6.39. The first kappa shape index (κ1) is 16.0. The van der Waals surface area contributed by atoms with Gasteiger partial charge in [0.15, 0.2) is 0 Å². The third-order valence-corrected chi connectivity index (χ3v) is 4.67. The molecule has 2 aromatic rings. The second kappa shape index (κ2) is 7.09. The second-order valence-corrected chi connectivity index (χ2v) is 6.82. The molecule has 0 amide bonds. The molecule has 1 atom stereocenters. The van der Waals surface area contributed by atoms with E-state index in [0.29, 0.717) is 16.1 Å². The van der Waals surface area contributed by atoms with Crippen LogP contribution in [0.5, 0.6) is 0 Å². The summed E-state index contributed by atoms with van der Waals surface area (Å²) in [5.41, 5.74) is 1.17. The minimum Gasteiger partial charge on any atom is -0.472 e. The van der Waals surface area contributed by atoms with Crippen LogP contribution < -0.4 is 4.72 Å². The quantitative estimate of drug-likeness (QED) is 0.818. The van der Waals surface area contributed by atoms with Crippen molar-refractivity contribution in [3.05, 3.63) is 59.0 Å². The van der Waals surface area contributed by atoms with E-state index in [1.807, 2.05) is 0 Å². The van der Waals surface area contributed by atoms with Gasteiger partial charge in [-0.2, -0.15) is 0 Å². The number of halogens is 1. The fourth-order valence-corrected chi connectivity index (χ4v) is 3.33. The molecule has 0 bridgehead atoms. The van der Waals surface area contributed by atoms with Gasteiger partial charge in [0.05, 0.1) is 24.4 Å². The molecule has 0 aliphatic rings. The standard InChI is InChI=1S/C14H16ClNO4S/c15-13-4-2-1-3-12(13)10-21(18,19)16-7-5-14(17)11-6-8-20-9-11/h1-4,6,8-9,14,16-17H,5,7,10H2. The summed E-state index contributed by atoms with van der Waals surface area (Å²) in [6.45, 7) is 0.138. The lowest BCUT2D eigenvalue weighted by Crippen LogP contribution is -2.27. The predicted octanol–water partition coefficient (Wildman–Crippen LogP) is 2.48. The number of aliphatic hydroxyl groups is 1. The van der Waals surface area contributed by atoms with Crippen LogP contribution in [0.25, 0.3) is 0 Å². The monoisotopic (exact) mass is 329 g/mol. The highest BCUT2D eigenvalue weighted by molar-refractivity contribution is 7.88. The number of furan rings is 1. The summed E-state index contributed by atoms with van der Waals surface area (Å²) >= 11 is 5.94. The highest BCUT2D eigenvalue weighted by atomic mass is 35.5. The topological polar surface area (TPSA) is 79.5 Å². The Kier molecular flexibility index (Phi) is 5.41. The van der Waals surface area contributed by atoms with Gasteiger partial charge in [-0.25, -0.2) is 13.1 Å². The van der Waals surface area contributed by atoms with Gasteiger partial charge in [-0.15, -0.1) is 0 Å². The molecule has 21 heavy (non-hydrogen) atoms.